The highest BCUT2D eigenvalue weighted by molar-refractivity contribution is 7.86. The molecule has 0 saturated carbocycles. The van der Waals surface area contributed by atoms with Crippen LogP contribution in [0.4, 0.5) is 0 Å². The van der Waals surface area contributed by atoms with Gasteiger partial charge >= 0.3 is 0 Å². The third-order valence-corrected chi connectivity index (χ3v) is 5.83. The van der Waals surface area contributed by atoms with Crippen molar-refractivity contribution in [2.75, 3.05) is 13.2 Å². The lowest BCUT2D eigenvalue weighted by molar-refractivity contribution is -0.190. The molecule has 1 aromatic carbocycles. The van der Waals surface area contributed by atoms with Crippen LogP contribution in [0.2, 0.25) is 0 Å². The molecule has 0 amide bonds. The molecule has 2 atom stereocenters. The van der Waals surface area contributed by atoms with E-state index in [9.17, 15) is 8.42 Å². The summed E-state index contributed by atoms with van der Waals surface area (Å²) in [6.45, 7) is 2.13. The Morgan fingerprint density at radius 3 is 2.62 bits per heavy atom. The summed E-state index contributed by atoms with van der Waals surface area (Å²) in [6.07, 6.45) is 5.67. The zero-order chi connectivity index (χ0) is 20.3. The molecule has 2 aromatic heterocycles. The van der Waals surface area contributed by atoms with Crippen LogP contribution in [0.25, 0.3) is 0 Å². The van der Waals surface area contributed by atoms with Crippen LogP contribution in [0.1, 0.15) is 11.1 Å². The number of nitrogens with zero attached hydrogens (tertiary/aromatic N) is 4. The van der Waals surface area contributed by atoms with Gasteiger partial charge in [-0.15, -0.1) is 0 Å². The molecule has 9 nitrogen and oxygen atoms in total. The van der Waals surface area contributed by atoms with Crippen molar-refractivity contribution in [2.45, 2.75) is 30.3 Å². The molecule has 10 heteroatoms. The molecule has 0 radical (unpaired) electrons. The third-order valence-electron chi connectivity index (χ3n) is 4.54. The highest BCUT2D eigenvalue weighted by atomic mass is 32.2. The second kappa shape index (κ2) is 7.99. The average molecular weight is 416 g/mol. The Morgan fingerprint density at radius 1 is 1.17 bits per heavy atom. The quantitative estimate of drug-likeness (QED) is 0.536. The molecule has 4 rings (SSSR count). The van der Waals surface area contributed by atoms with Crippen molar-refractivity contribution < 1.29 is 22.1 Å². The molecule has 0 bridgehead atoms. The van der Waals surface area contributed by atoms with Gasteiger partial charge in [-0.2, -0.15) is 13.5 Å². The molecule has 152 valence electrons. The minimum Gasteiger partial charge on any atom is -0.342 e. The lowest BCUT2D eigenvalue weighted by Gasteiger charge is -2.28. The zero-order valence-electron chi connectivity index (χ0n) is 15.7. The minimum atomic E-state index is -3.89. The van der Waals surface area contributed by atoms with E-state index < -0.39 is 22.0 Å². The highest BCUT2D eigenvalue weighted by Crippen LogP contribution is 2.36. The molecule has 29 heavy (non-hydrogen) atoms. The van der Waals surface area contributed by atoms with Gasteiger partial charge in [-0.1, -0.05) is 17.7 Å². The molecular weight excluding hydrogens is 396 g/mol. The van der Waals surface area contributed by atoms with E-state index in [1.807, 2.05) is 6.92 Å². The van der Waals surface area contributed by atoms with Crippen molar-refractivity contribution in [3.05, 3.63) is 72.6 Å². The van der Waals surface area contributed by atoms with E-state index in [0.29, 0.717) is 0 Å². The molecule has 0 spiro atoms. The van der Waals surface area contributed by atoms with Gasteiger partial charge in [-0.25, -0.2) is 9.67 Å². The van der Waals surface area contributed by atoms with Gasteiger partial charge in [0.2, 0.25) is 5.79 Å². The van der Waals surface area contributed by atoms with Gasteiger partial charge in [-0.05, 0) is 31.2 Å². The second-order valence-electron chi connectivity index (χ2n) is 6.68. The summed E-state index contributed by atoms with van der Waals surface area (Å²) in [5, 5.41) is 4.11. The first-order valence-electron chi connectivity index (χ1n) is 8.98. The predicted molar refractivity (Wildman–Crippen MR) is 101 cm³/mol. The smallest absolute Gasteiger partial charge is 0.297 e. The number of hydrogen-bond acceptors (Lipinski definition) is 8. The van der Waals surface area contributed by atoms with Gasteiger partial charge < -0.3 is 9.47 Å². The van der Waals surface area contributed by atoms with Crippen LogP contribution >= 0.6 is 0 Å². The number of rotatable bonds is 7. The maximum atomic E-state index is 12.4. The Morgan fingerprint density at radius 2 is 1.93 bits per heavy atom. The molecule has 3 aromatic rings. The van der Waals surface area contributed by atoms with Crippen LogP contribution in [0.3, 0.4) is 0 Å². The van der Waals surface area contributed by atoms with Gasteiger partial charge in [0.25, 0.3) is 10.1 Å². The summed E-state index contributed by atoms with van der Waals surface area (Å²) >= 11 is 0. The first-order chi connectivity index (χ1) is 14.0. The SMILES string of the molecule is Cc1ccc(S(=O)(=O)OC[C@@H]2CO[C@@](Cn3cncn3)(c3ccncc3)O2)cc1. The summed E-state index contributed by atoms with van der Waals surface area (Å²) in [5.74, 6) is -1.14. The van der Waals surface area contributed by atoms with E-state index >= 15 is 0 Å². The van der Waals surface area contributed by atoms with E-state index in [1.165, 1.54) is 18.5 Å². The van der Waals surface area contributed by atoms with E-state index in [2.05, 4.69) is 15.1 Å². The predicted octanol–water partition coefficient (Wildman–Crippen LogP) is 1.66. The van der Waals surface area contributed by atoms with Crippen molar-refractivity contribution in [3.8, 4) is 0 Å². The Bertz CT molecular complexity index is 1040. The van der Waals surface area contributed by atoms with Crippen LogP contribution in [0.15, 0.2) is 66.3 Å². The van der Waals surface area contributed by atoms with Crippen LogP contribution in [-0.4, -0.2) is 47.5 Å². The van der Waals surface area contributed by atoms with E-state index in [4.69, 9.17) is 13.7 Å². The summed E-state index contributed by atoms with van der Waals surface area (Å²) in [6, 6.07) is 10.0. The fraction of sp³-hybridized carbons (Fsp3) is 0.316. The zero-order valence-corrected chi connectivity index (χ0v) is 16.5. The topological polar surface area (TPSA) is 105 Å². The Balaban J connectivity index is 1.48. The Kier molecular flexibility index (Phi) is 5.41. The van der Waals surface area contributed by atoms with E-state index in [-0.39, 0.29) is 24.7 Å². The normalized spacial score (nSPS) is 22.0. The molecule has 1 fully saturated rings. The fourth-order valence-electron chi connectivity index (χ4n) is 3.04. The minimum absolute atomic E-state index is 0.102. The van der Waals surface area contributed by atoms with Gasteiger partial charge in [0.15, 0.2) is 0 Å². The van der Waals surface area contributed by atoms with Crippen molar-refractivity contribution in [1.29, 1.82) is 0 Å². The second-order valence-corrected chi connectivity index (χ2v) is 8.30. The summed E-state index contributed by atoms with van der Waals surface area (Å²) in [5.41, 5.74) is 1.71. The lowest BCUT2D eigenvalue weighted by Crippen LogP contribution is -2.34. The Hall–Kier alpha value is -2.66. The van der Waals surface area contributed by atoms with Gasteiger partial charge in [0.05, 0.1) is 18.1 Å². The molecule has 0 N–H and O–H groups in total. The highest BCUT2D eigenvalue weighted by Gasteiger charge is 2.44. The fourth-order valence-corrected chi connectivity index (χ4v) is 3.98. The van der Waals surface area contributed by atoms with E-state index in [1.54, 1.807) is 47.7 Å². The number of pyridine rings is 1. The molecule has 1 saturated heterocycles. The van der Waals surface area contributed by atoms with Crippen LogP contribution in [0.5, 0.6) is 0 Å². The summed E-state index contributed by atoms with van der Waals surface area (Å²) in [4.78, 5) is 8.07. The number of aromatic nitrogens is 4. The van der Waals surface area contributed by atoms with Gasteiger partial charge in [0.1, 0.15) is 25.3 Å². The molecular formula is C19H20N4O5S. The number of benzene rings is 1. The first-order valence-corrected chi connectivity index (χ1v) is 10.4. The molecule has 1 aliphatic rings. The maximum absolute atomic E-state index is 12.4. The lowest BCUT2D eigenvalue weighted by atomic mass is 10.1. The average Bonchev–Trinajstić information content (AvgIpc) is 3.39. The number of ether oxygens (including phenoxy) is 2. The van der Waals surface area contributed by atoms with Crippen molar-refractivity contribution in [1.82, 2.24) is 19.7 Å². The standard InChI is InChI=1S/C19H20N4O5S/c1-15-2-4-18(5-3-15)29(24,25)27-11-17-10-26-19(28-17,12-23-14-21-13-22-23)16-6-8-20-9-7-16/h2-9,13-14,17H,10-12H2,1H3/t17-,19+/m0/s1. The molecule has 0 unspecified atom stereocenters. The first kappa shape index (κ1) is 19.6. The van der Waals surface area contributed by atoms with Crippen LogP contribution in [-0.2, 0) is 36.1 Å². The van der Waals surface area contributed by atoms with Crippen LogP contribution in [0, 0.1) is 6.92 Å². The van der Waals surface area contributed by atoms with Crippen molar-refractivity contribution in [3.63, 3.8) is 0 Å². The van der Waals surface area contributed by atoms with Crippen molar-refractivity contribution >= 4 is 10.1 Å². The number of hydrogen-bond donors (Lipinski definition) is 0. The monoisotopic (exact) mass is 416 g/mol. The molecule has 1 aliphatic heterocycles. The van der Waals surface area contributed by atoms with Crippen LogP contribution < -0.4 is 0 Å². The van der Waals surface area contributed by atoms with Crippen molar-refractivity contribution in [2.24, 2.45) is 0 Å². The summed E-state index contributed by atoms with van der Waals surface area (Å²) in [7, 11) is -3.89. The maximum Gasteiger partial charge on any atom is 0.297 e. The Labute approximate surface area is 168 Å². The largest absolute Gasteiger partial charge is 0.342 e. The third kappa shape index (κ3) is 4.35. The number of aryl methyl sites for hydroxylation is 1. The molecule has 3 heterocycles. The van der Waals surface area contributed by atoms with Gasteiger partial charge in [0, 0.05) is 18.0 Å². The summed E-state index contributed by atoms with van der Waals surface area (Å²) < 4.78 is 43.8. The molecule has 0 aliphatic carbocycles. The van der Waals surface area contributed by atoms with E-state index in [0.717, 1.165) is 11.1 Å². The van der Waals surface area contributed by atoms with Gasteiger partial charge in [-0.3, -0.25) is 9.17 Å².